The zero-order chi connectivity index (χ0) is 12.3. The van der Waals surface area contributed by atoms with Gasteiger partial charge in [0, 0.05) is 6.54 Å². The molecule has 0 saturated heterocycles. The fourth-order valence-corrected chi connectivity index (χ4v) is 1.82. The minimum Gasteiger partial charge on any atom is -0.496 e. The maximum atomic E-state index is 5.35. The Morgan fingerprint density at radius 3 is 2.76 bits per heavy atom. The lowest BCUT2D eigenvalue weighted by Crippen LogP contribution is -2.05. The molecule has 4 nitrogen and oxygen atoms in total. The van der Waals surface area contributed by atoms with E-state index in [0.717, 1.165) is 23.7 Å². The maximum absolute atomic E-state index is 5.35. The summed E-state index contributed by atoms with van der Waals surface area (Å²) in [5, 5.41) is 8.17. The van der Waals surface area contributed by atoms with E-state index in [4.69, 9.17) is 4.74 Å². The normalized spacial score (nSPS) is 10.8. The van der Waals surface area contributed by atoms with Crippen LogP contribution >= 0.6 is 0 Å². The molecule has 0 saturated carbocycles. The lowest BCUT2D eigenvalue weighted by Gasteiger charge is -2.11. The van der Waals surface area contributed by atoms with Gasteiger partial charge >= 0.3 is 0 Å². The maximum Gasteiger partial charge on any atom is 0.167 e. The number of rotatable bonds is 4. The van der Waals surface area contributed by atoms with Gasteiger partial charge in [0.1, 0.15) is 12.1 Å². The molecule has 0 spiro atoms. The van der Waals surface area contributed by atoms with Gasteiger partial charge in [0.05, 0.1) is 12.7 Å². The average Bonchev–Trinajstić information content (AvgIpc) is 2.76. The largest absolute Gasteiger partial charge is 0.496 e. The third-order valence-corrected chi connectivity index (χ3v) is 2.53. The van der Waals surface area contributed by atoms with Gasteiger partial charge in [-0.25, -0.2) is 0 Å². The Labute approximate surface area is 101 Å². The van der Waals surface area contributed by atoms with Gasteiger partial charge in [-0.05, 0) is 18.1 Å². The Kier molecular flexibility index (Phi) is 3.42. The predicted molar refractivity (Wildman–Crippen MR) is 66.8 cm³/mol. The highest BCUT2D eigenvalue weighted by Gasteiger charge is 2.12. The van der Waals surface area contributed by atoms with Gasteiger partial charge in [0.25, 0.3) is 0 Å². The molecule has 2 aromatic rings. The summed E-state index contributed by atoms with van der Waals surface area (Å²) in [6, 6.07) is 7.86. The lowest BCUT2D eigenvalue weighted by atomic mass is 10.1. The highest BCUT2D eigenvalue weighted by molar-refractivity contribution is 5.63. The Morgan fingerprint density at radius 1 is 1.29 bits per heavy atom. The third-order valence-electron chi connectivity index (χ3n) is 2.53. The van der Waals surface area contributed by atoms with Crippen LogP contribution in [0.5, 0.6) is 5.75 Å². The van der Waals surface area contributed by atoms with E-state index in [1.54, 1.807) is 13.4 Å². The molecule has 1 heterocycles. The number of benzene rings is 1. The summed E-state index contributed by atoms with van der Waals surface area (Å²) in [6.07, 6.45) is 1.77. The summed E-state index contributed by atoms with van der Waals surface area (Å²) in [5.74, 6) is 2.24. The van der Waals surface area contributed by atoms with E-state index >= 15 is 0 Å². The standard InChI is InChI=1S/C13H17N3O/c1-10(2)8-16-9-14-15-13(16)11-6-4-5-7-12(11)17-3/h4-7,9-10H,8H2,1-3H3. The molecule has 0 N–H and O–H groups in total. The van der Waals surface area contributed by atoms with Crippen molar-refractivity contribution in [3.05, 3.63) is 30.6 Å². The number of ether oxygens (including phenoxy) is 1. The minimum absolute atomic E-state index is 0.555. The number of hydrogen-bond donors (Lipinski definition) is 0. The van der Waals surface area contributed by atoms with Crippen LogP contribution in [0.2, 0.25) is 0 Å². The number of methoxy groups -OCH3 is 1. The first-order chi connectivity index (χ1) is 8.22. The highest BCUT2D eigenvalue weighted by Crippen LogP contribution is 2.27. The van der Waals surface area contributed by atoms with Gasteiger partial charge in [-0.15, -0.1) is 10.2 Å². The monoisotopic (exact) mass is 231 g/mol. The molecule has 1 aromatic heterocycles. The van der Waals surface area contributed by atoms with Crippen LogP contribution in [0.3, 0.4) is 0 Å². The van der Waals surface area contributed by atoms with Crippen molar-refractivity contribution in [2.75, 3.05) is 7.11 Å². The van der Waals surface area contributed by atoms with Crippen LogP contribution in [0.4, 0.5) is 0 Å². The zero-order valence-corrected chi connectivity index (χ0v) is 10.4. The Hall–Kier alpha value is -1.84. The molecule has 0 aliphatic carbocycles. The quantitative estimate of drug-likeness (QED) is 0.812. The summed E-state index contributed by atoms with van der Waals surface area (Å²) < 4.78 is 7.41. The fraction of sp³-hybridized carbons (Fsp3) is 0.385. The van der Waals surface area contributed by atoms with E-state index < -0.39 is 0 Å². The topological polar surface area (TPSA) is 39.9 Å². The molecule has 0 aliphatic heterocycles. The van der Waals surface area contributed by atoms with Gasteiger partial charge in [0.2, 0.25) is 0 Å². The van der Waals surface area contributed by atoms with Crippen molar-refractivity contribution in [1.82, 2.24) is 14.8 Å². The molecular weight excluding hydrogens is 214 g/mol. The Balaban J connectivity index is 2.42. The molecule has 0 bridgehead atoms. The molecule has 0 radical (unpaired) electrons. The van der Waals surface area contributed by atoms with Crippen LogP contribution in [0.15, 0.2) is 30.6 Å². The van der Waals surface area contributed by atoms with Crippen molar-refractivity contribution in [3.8, 4) is 17.1 Å². The van der Waals surface area contributed by atoms with Crippen LogP contribution in [-0.2, 0) is 6.54 Å². The van der Waals surface area contributed by atoms with Crippen molar-refractivity contribution in [2.24, 2.45) is 5.92 Å². The molecule has 2 rings (SSSR count). The SMILES string of the molecule is COc1ccccc1-c1nncn1CC(C)C. The summed E-state index contributed by atoms with van der Waals surface area (Å²) in [5.41, 5.74) is 0.980. The molecule has 0 atom stereocenters. The van der Waals surface area contributed by atoms with E-state index in [2.05, 4.69) is 28.6 Å². The van der Waals surface area contributed by atoms with Gasteiger partial charge in [-0.2, -0.15) is 0 Å². The third kappa shape index (κ3) is 2.46. The minimum atomic E-state index is 0.555. The van der Waals surface area contributed by atoms with Crippen LogP contribution < -0.4 is 4.74 Å². The van der Waals surface area contributed by atoms with E-state index in [1.807, 2.05) is 24.3 Å². The van der Waals surface area contributed by atoms with E-state index in [-0.39, 0.29) is 0 Å². The number of nitrogens with zero attached hydrogens (tertiary/aromatic N) is 3. The molecule has 90 valence electrons. The molecule has 1 aromatic carbocycles. The van der Waals surface area contributed by atoms with E-state index in [9.17, 15) is 0 Å². The lowest BCUT2D eigenvalue weighted by molar-refractivity contribution is 0.415. The molecular formula is C13H17N3O. The second-order valence-electron chi connectivity index (χ2n) is 4.40. The predicted octanol–water partition coefficient (Wildman–Crippen LogP) is 2.61. The van der Waals surface area contributed by atoms with Crippen LogP contribution in [0.25, 0.3) is 11.4 Å². The summed E-state index contributed by atoms with van der Waals surface area (Å²) >= 11 is 0. The fourth-order valence-electron chi connectivity index (χ4n) is 1.82. The van der Waals surface area contributed by atoms with Crippen LogP contribution in [0.1, 0.15) is 13.8 Å². The van der Waals surface area contributed by atoms with Crippen molar-refractivity contribution in [1.29, 1.82) is 0 Å². The first-order valence-corrected chi connectivity index (χ1v) is 5.73. The first-order valence-electron chi connectivity index (χ1n) is 5.73. The van der Waals surface area contributed by atoms with Gasteiger partial charge in [-0.3, -0.25) is 0 Å². The smallest absolute Gasteiger partial charge is 0.167 e. The molecule has 0 unspecified atom stereocenters. The zero-order valence-electron chi connectivity index (χ0n) is 10.4. The first kappa shape index (κ1) is 11.6. The molecule has 0 fully saturated rings. The second kappa shape index (κ2) is 4.99. The van der Waals surface area contributed by atoms with Crippen molar-refractivity contribution < 1.29 is 4.74 Å². The molecule has 17 heavy (non-hydrogen) atoms. The number of aromatic nitrogens is 3. The van der Waals surface area contributed by atoms with E-state index in [0.29, 0.717) is 5.92 Å². The number of para-hydroxylation sites is 1. The molecule has 4 heteroatoms. The van der Waals surface area contributed by atoms with Gasteiger partial charge in [-0.1, -0.05) is 26.0 Å². The Morgan fingerprint density at radius 2 is 2.06 bits per heavy atom. The van der Waals surface area contributed by atoms with Crippen molar-refractivity contribution >= 4 is 0 Å². The average molecular weight is 231 g/mol. The van der Waals surface area contributed by atoms with Gasteiger partial charge in [0.15, 0.2) is 5.82 Å². The van der Waals surface area contributed by atoms with Crippen LogP contribution in [-0.4, -0.2) is 21.9 Å². The Bertz CT molecular complexity index is 491. The van der Waals surface area contributed by atoms with Gasteiger partial charge < -0.3 is 9.30 Å². The summed E-state index contributed by atoms with van der Waals surface area (Å²) in [7, 11) is 1.67. The van der Waals surface area contributed by atoms with Crippen LogP contribution in [0, 0.1) is 5.92 Å². The summed E-state index contributed by atoms with van der Waals surface area (Å²) in [4.78, 5) is 0. The van der Waals surface area contributed by atoms with Crippen molar-refractivity contribution in [2.45, 2.75) is 20.4 Å². The molecule has 0 amide bonds. The second-order valence-corrected chi connectivity index (χ2v) is 4.40. The summed E-state index contributed by atoms with van der Waals surface area (Å²) in [6.45, 7) is 5.25. The van der Waals surface area contributed by atoms with E-state index in [1.165, 1.54) is 0 Å². The molecule has 0 aliphatic rings. The van der Waals surface area contributed by atoms with Crippen molar-refractivity contribution in [3.63, 3.8) is 0 Å². The number of hydrogen-bond acceptors (Lipinski definition) is 3. The highest BCUT2D eigenvalue weighted by atomic mass is 16.5.